The van der Waals surface area contributed by atoms with Crippen LogP contribution >= 0.6 is 0 Å². The van der Waals surface area contributed by atoms with Gasteiger partial charge in [0.1, 0.15) is 5.75 Å². The molecule has 104 valence electrons. The Labute approximate surface area is 107 Å². The fraction of sp³-hybridized carbons (Fsp3) is 0.818. The third kappa shape index (κ3) is 3.97. The second-order valence-corrected chi connectivity index (χ2v) is 6.91. The maximum atomic E-state index is 11.9. The minimum absolute atomic E-state index is 0.216. The third-order valence-electron chi connectivity index (χ3n) is 3.08. The Balaban J connectivity index is 2.57. The summed E-state index contributed by atoms with van der Waals surface area (Å²) in [5.74, 6) is -1.48. The zero-order chi connectivity index (χ0) is 13.8. The van der Waals surface area contributed by atoms with Crippen molar-refractivity contribution in [3.05, 3.63) is 0 Å². The summed E-state index contributed by atoms with van der Waals surface area (Å²) >= 11 is 0. The lowest BCUT2D eigenvalue weighted by Gasteiger charge is -2.17. The normalized spacial score (nSPS) is 17.6. The van der Waals surface area contributed by atoms with Gasteiger partial charge in [-0.05, 0) is 19.8 Å². The summed E-state index contributed by atoms with van der Waals surface area (Å²) in [4.78, 5) is 24.3. The van der Waals surface area contributed by atoms with Crippen LogP contribution in [0.3, 0.4) is 0 Å². The maximum Gasteiger partial charge on any atom is 0.306 e. The third-order valence-corrected chi connectivity index (χ3v) is 5.12. The summed E-state index contributed by atoms with van der Waals surface area (Å²) in [6, 6.07) is 0. The lowest BCUT2D eigenvalue weighted by Crippen LogP contribution is -2.36. The van der Waals surface area contributed by atoms with Crippen molar-refractivity contribution in [1.82, 2.24) is 4.90 Å². The van der Waals surface area contributed by atoms with E-state index in [4.69, 9.17) is 0 Å². The van der Waals surface area contributed by atoms with E-state index in [1.165, 1.54) is 14.0 Å². The zero-order valence-corrected chi connectivity index (χ0v) is 11.5. The fourth-order valence-corrected chi connectivity index (χ4v) is 3.02. The number of hydrogen-bond acceptors (Lipinski definition) is 5. The minimum Gasteiger partial charge on any atom is -0.469 e. The first-order valence-corrected chi connectivity index (χ1v) is 7.64. The highest BCUT2D eigenvalue weighted by Crippen LogP contribution is 2.12. The Morgan fingerprint density at radius 1 is 1.28 bits per heavy atom. The van der Waals surface area contributed by atoms with Crippen molar-refractivity contribution >= 4 is 21.7 Å². The van der Waals surface area contributed by atoms with Crippen LogP contribution in [0, 0.1) is 0 Å². The summed E-state index contributed by atoms with van der Waals surface area (Å²) in [5, 5.41) is -0.892. The van der Waals surface area contributed by atoms with Crippen molar-refractivity contribution in [3.63, 3.8) is 0 Å². The number of rotatable bonds is 5. The van der Waals surface area contributed by atoms with Crippen LogP contribution in [0.15, 0.2) is 0 Å². The highest BCUT2D eigenvalue weighted by atomic mass is 32.2. The summed E-state index contributed by atoms with van der Waals surface area (Å²) in [6.07, 6.45) is 1.62. The molecule has 1 aliphatic rings. The van der Waals surface area contributed by atoms with Gasteiger partial charge in [-0.25, -0.2) is 8.42 Å². The van der Waals surface area contributed by atoms with Gasteiger partial charge in [-0.1, -0.05) is 0 Å². The monoisotopic (exact) mass is 277 g/mol. The van der Waals surface area contributed by atoms with Gasteiger partial charge in [0.2, 0.25) is 5.91 Å². The topological polar surface area (TPSA) is 80.8 Å². The Bertz CT molecular complexity index is 411. The molecular weight excluding hydrogens is 258 g/mol. The predicted octanol–water partition coefficient (Wildman–Crippen LogP) is -0.0248. The molecule has 1 rings (SSSR count). The van der Waals surface area contributed by atoms with Gasteiger partial charge in [0.05, 0.1) is 18.8 Å². The molecule has 6 nitrogen and oxygen atoms in total. The molecule has 1 amide bonds. The molecule has 1 saturated heterocycles. The van der Waals surface area contributed by atoms with Crippen LogP contribution in [0.4, 0.5) is 0 Å². The number of methoxy groups -OCH3 is 1. The molecule has 0 aromatic rings. The number of esters is 1. The van der Waals surface area contributed by atoms with Crippen LogP contribution < -0.4 is 0 Å². The first-order chi connectivity index (χ1) is 8.36. The van der Waals surface area contributed by atoms with E-state index in [9.17, 15) is 18.0 Å². The van der Waals surface area contributed by atoms with Crippen LogP contribution in [-0.2, 0) is 24.2 Å². The molecule has 1 unspecified atom stereocenters. The first-order valence-electron chi connectivity index (χ1n) is 5.93. The van der Waals surface area contributed by atoms with Crippen LogP contribution in [0.1, 0.15) is 26.2 Å². The number of sulfone groups is 1. The molecule has 7 heteroatoms. The molecule has 18 heavy (non-hydrogen) atoms. The van der Waals surface area contributed by atoms with E-state index >= 15 is 0 Å². The summed E-state index contributed by atoms with van der Waals surface area (Å²) in [5.41, 5.74) is 0. The van der Waals surface area contributed by atoms with Crippen molar-refractivity contribution in [1.29, 1.82) is 0 Å². The second kappa shape index (κ2) is 6.17. The molecule has 0 saturated carbocycles. The van der Waals surface area contributed by atoms with Crippen LogP contribution in [0.2, 0.25) is 0 Å². The van der Waals surface area contributed by atoms with E-state index in [-0.39, 0.29) is 12.3 Å². The summed E-state index contributed by atoms with van der Waals surface area (Å²) in [6.45, 7) is 2.67. The molecule has 1 fully saturated rings. The van der Waals surface area contributed by atoms with Gasteiger partial charge in [0, 0.05) is 13.1 Å². The van der Waals surface area contributed by atoms with Crippen LogP contribution in [-0.4, -0.2) is 56.4 Å². The van der Waals surface area contributed by atoms with E-state index in [1.807, 2.05) is 0 Å². The standard InChI is InChI=1S/C11H19NO5S/c1-9(7-11(14)17-2)18(15,16)8-10(13)12-5-3-4-6-12/h9H,3-8H2,1-2H3. The van der Waals surface area contributed by atoms with Crippen molar-refractivity contribution < 1.29 is 22.7 Å². The quantitative estimate of drug-likeness (QED) is 0.659. The average Bonchev–Trinajstić information content (AvgIpc) is 2.81. The number of carbonyl (C=O) groups excluding carboxylic acids is 2. The molecule has 0 bridgehead atoms. The van der Waals surface area contributed by atoms with E-state index < -0.39 is 26.8 Å². The minimum atomic E-state index is -3.59. The van der Waals surface area contributed by atoms with Gasteiger partial charge < -0.3 is 9.64 Å². The summed E-state index contributed by atoms with van der Waals surface area (Å²) in [7, 11) is -2.39. The van der Waals surface area contributed by atoms with Crippen molar-refractivity contribution in [2.75, 3.05) is 26.0 Å². The van der Waals surface area contributed by atoms with Gasteiger partial charge in [0.25, 0.3) is 0 Å². The number of hydrogen-bond donors (Lipinski definition) is 0. The predicted molar refractivity (Wildman–Crippen MR) is 65.7 cm³/mol. The number of nitrogens with zero attached hydrogens (tertiary/aromatic N) is 1. The molecule has 0 aromatic heterocycles. The largest absolute Gasteiger partial charge is 0.469 e. The lowest BCUT2D eigenvalue weighted by molar-refractivity contribution is -0.140. The SMILES string of the molecule is COC(=O)CC(C)S(=O)(=O)CC(=O)N1CCCC1. The van der Waals surface area contributed by atoms with Crippen LogP contribution in [0.5, 0.6) is 0 Å². The van der Waals surface area contributed by atoms with Crippen molar-refractivity contribution in [2.45, 2.75) is 31.4 Å². The molecule has 0 N–H and O–H groups in total. The molecule has 0 radical (unpaired) electrons. The number of ether oxygens (including phenoxy) is 1. The highest BCUT2D eigenvalue weighted by molar-refractivity contribution is 7.92. The van der Waals surface area contributed by atoms with Gasteiger partial charge in [-0.15, -0.1) is 0 Å². The number of amides is 1. The molecule has 0 spiro atoms. The zero-order valence-electron chi connectivity index (χ0n) is 10.7. The Morgan fingerprint density at radius 2 is 1.83 bits per heavy atom. The van der Waals surface area contributed by atoms with Gasteiger partial charge in [-0.3, -0.25) is 9.59 Å². The number of carbonyl (C=O) groups is 2. The highest BCUT2D eigenvalue weighted by Gasteiger charge is 2.29. The maximum absolute atomic E-state index is 11.9. The molecule has 0 aliphatic carbocycles. The average molecular weight is 277 g/mol. The lowest BCUT2D eigenvalue weighted by atomic mass is 10.3. The fourth-order valence-electron chi connectivity index (χ4n) is 1.82. The van der Waals surface area contributed by atoms with E-state index in [2.05, 4.69) is 4.74 Å². The Morgan fingerprint density at radius 3 is 2.33 bits per heavy atom. The van der Waals surface area contributed by atoms with Gasteiger partial charge in [-0.2, -0.15) is 0 Å². The molecule has 1 atom stereocenters. The summed E-state index contributed by atoms with van der Waals surface area (Å²) < 4.78 is 28.2. The smallest absolute Gasteiger partial charge is 0.306 e. The molecule has 1 aliphatic heterocycles. The van der Waals surface area contributed by atoms with Gasteiger partial charge >= 0.3 is 5.97 Å². The molecule has 0 aromatic carbocycles. The Hall–Kier alpha value is -1.11. The second-order valence-electron chi connectivity index (χ2n) is 4.49. The van der Waals surface area contributed by atoms with E-state index in [0.29, 0.717) is 13.1 Å². The molecule has 1 heterocycles. The van der Waals surface area contributed by atoms with Crippen LogP contribution in [0.25, 0.3) is 0 Å². The molecular formula is C11H19NO5S. The van der Waals surface area contributed by atoms with E-state index in [1.54, 1.807) is 4.90 Å². The van der Waals surface area contributed by atoms with E-state index in [0.717, 1.165) is 12.8 Å². The van der Waals surface area contributed by atoms with Crippen molar-refractivity contribution in [3.8, 4) is 0 Å². The van der Waals surface area contributed by atoms with Gasteiger partial charge in [0.15, 0.2) is 9.84 Å². The first kappa shape index (κ1) is 14.9. The number of likely N-dealkylation sites (tertiary alicyclic amines) is 1. The van der Waals surface area contributed by atoms with Crippen molar-refractivity contribution in [2.24, 2.45) is 0 Å². The Kier molecular flexibility index (Phi) is 5.13.